The second-order valence-corrected chi connectivity index (χ2v) is 6.43. The molecule has 6 heteroatoms. The summed E-state index contributed by atoms with van der Waals surface area (Å²) in [6.07, 6.45) is 4.02. The van der Waals surface area contributed by atoms with Crippen molar-refractivity contribution in [3.8, 4) is 0 Å². The third-order valence-electron chi connectivity index (χ3n) is 4.19. The number of hydrogen-bond donors (Lipinski definition) is 2. The van der Waals surface area contributed by atoms with Gasteiger partial charge in [0.25, 0.3) is 5.91 Å². The van der Waals surface area contributed by atoms with E-state index >= 15 is 0 Å². The van der Waals surface area contributed by atoms with Crippen LogP contribution in [0.2, 0.25) is 0 Å². The van der Waals surface area contributed by atoms with Crippen molar-refractivity contribution in [3.05, 3.63) is 17.5 Å². The minimum Gasteiger partial charge on any atom is -0.481 e. The van der Waals surface area contributed by atoms with Crippen LogP contribution in [-0.4, -0.2) is 33.3 Å². The van der Waals surface area contributed by atoms with Crippen molar-refractivity contribution in [2.45, 2.75) is 59.9 Å². The van der Waals surface area contributed by atoms with Gasteiger partial charge in [-0.05, 0) is 32.1 Å². The van der Waals surface area contributed by atoms with Crippen molar-refractivity contribution >= 4 is 11.9 Å². The zero-order valence-electron chi connectivity index (χ0n) is 14.8. The van der Waals surface area contributed by atoms with Gasteiger partial charge < -0.3 is 10.4 Å². The Bertz CT molecular complexity index is 533. The molecule has 0 radical (unpaired) electrons. The molecule has 1 amide bonds. The van der Waals surface area contributed by atoms with E-state index in [2.05, 4.69) is 24.3 Å². The van der Waals surface area contributed by atoms with Crippen LogP contribution in [0.5, 0.6) is 0 Å². The molecule has 1 unspecified atom stereocenters. The average molecular weight is 323 g/mol. The van der Waals surface area contributed by atoms with E-state index in [1.54, 1.807) is 6.20 Å². The van der Waals surface area contributed by atoms with Gasteiger partial charge in [-0.1, -0.05) is 27.7 Å². The maximum Gasteiger partial charge on any atom is 0.308 e. The van der Waals surface area contributed by atoms with Gasteiger partial charge in [0.05, 0.1) is 23.7 Å². The molecule has 1 aromatic heterocycles. The van der Waals surface area contributed by atoms with Gasteiger partial charge in [-0.15, -0.1) is 0 Å². The van der Waals surface area contributed by atoms with Gasteiger partial charge >= 0.3 is 5.97 Å². The molecule has 0 aromatic carbocycles. The molecule has 23 heavy (non-hydrogen) atoms. The largest absolute Gasteiger partial charge is 0.481 e. The fourth-order valence-corrected chi connectivity index (χ4v) is 2.80. The maximum absolute atomic E-state index is 12.3. The molecule has 6 nitrogen and oxygen atoms in total. The molecular weight excluding hydrogens is 294 g/mol. The van der Waals surface area contributed by atoms with Crippen LogP contribution in [0.1, 0.15) is 69.1 Å². The van der Waals surface area contributed by atoms with Gasteiger partial charge in [-0.3, -0.25) is 14.3 Å². The molecule has 0 fully saturated rings. The van der Waals surface area contributed by atoms with Crippen LogP contribution in [0.25, 0.3) is 0 Å². The first-order valence-electron chi connectivity index (χ1n) is 8.36. The van der Waals surface area contributed by atoms with Crippen LogP contribution in [0, 0.1) is 18.8 Å². The van der Waals surface area contributed by atoms with E-state index in [1.807, 2.05) is 25.5 Å². The number of nitrogens with zero attached hydrogens (tertiary/aromatic N) is 2. The van der Waals surface area contributed by atoms with Crippen LogP contribution >= 0.6 is 0 Å². The fourth-order valence-electron chi connectivity index (χ4n) is 2.80. The molecule has 0 saturated carbocycles. The Morgan fingerprint density at radius 2 is 1.91 bits per heavy atom. The predicted octanol–water partition coefficient (Wildman–Crippen LogP) is 3.03. The average Bonchev–Trinajstić information content (AvgIpc) is 2.86. The van der Waals surface area contributed by atoms with Crippen molar-refractivity contribution in [1.82, 2.24) is 15.1 Å². The first-order chi connectivity index (χ1) is 10.8. The normalized spacial score (nSPS) is 12.7. The quantitative estimate of drug-likeness (QED) is 0.731. The number of carbonyl (C=O) groups is 2. The van der Waals surface area contributed by atoms with Crippen molar-refractivity contribution in [2.24, 2.45) is 11.8 Å². The second-order valence-electron chi connectivity index (χ2n) is 6.43. The molecular formula is C17H29N3O3. The maximum atomic E-state index is 12.3. The van der Waals surface area contributed by atoms with Crippen molar-refractivity contribution < 1.29 is 14.7 Å². The van der Waals surface area contributed by atoms with E-state index < -0.39 is 11.9 Å². The molecule has 0 aliphatic heterocycles. The third-order valence-corrected chi connectivity index (χ3v) is 4.19. The molecule has 0 aliphatic carbocycles. The Kier molecular flexibility index (Phi) is 7.26. The summed E-state index contributed by atoms with van der Waals surface area (Å²) in [5.41, 5.74) is 1.34. The lowest BCUT2D eigenvalue weighted by Gasteiger charge is -2.16. The lowest BCUT2D eigenvalue weighted by molar-refractivity contribution is -0.142. The van der Waals surface area contributed by atoms with E-state index in [-0.39, 0.29) is 24.4 Å². The molecule has 0 saturated heterocycles. The lowest BCUT2D eigenvalue weighted by atomic mass is 9.97. The molecule has 1 atom stereocenters. The smallest absolute Gasteiger partial charge is 0.308 e. The summed E-state index contributed by atoms with van der Waals surface area (Å²) in [5.74, 6) is -1.42. The van der Waals surface area contributed by atoms with Crippen LogP contribution in [-0.2, 0) is 4.79 Å². The highest BCUT2D eigenvalue weighted by molar-refractivity contribution is 5.95. The Labute approximate surface area is 138 Å². The Morgan fingerprint density at radius 3 is 2.39 bits per heavy atom. The summed E-state index contributed by atoms with van der Waals surface area (Å²) in [4.78, 5) is 23.6. The first kappa shape index (κ1) is 19.2. The van der Waals surface area contributed by atoms with Gasteiger partial charge in [0.2, 0.25) is 0 Å². The van der Waals surface area contributed by atoms with Gasteiger partial charge in [-0.2, -0.15) is 5.10 Å². The lowest BCUT2D eigenvalue weighted by Crippen LogP contribution is -2.34. The van der Waals surface area contributed by atoms with Crippen LogP contribution in [0.3, 0.4) is 0 Å². The molecule has 130 valence electrons. The van der Waals surface area contributed by atoms with Gasteiger partial charge in [-0.25, -0.2) is 0 Å². The second kappa shape index (κ2) is 8.70. The number of hydrogen-bond acceptors (Lipinski definition) is 3. The van der Waals surface area contributed by atoms with Crippen molar-refractivity contribution in [3.63, 3.8) is 0 Å². The summed E-state index contributed by atoms with van der Waals surface area (Å²) in [6.45, 7) is 10.2. The zero-order valence-corrected chi connectivity index (χ0v) is 14.8. The Hall–Kier alpha value is -1.85. The van der Waals surface area contributed by atoms with Crippen molar-refractivity contribution in [1.29, 1.82) is 0 Å². The minimum absolute atomic E-state index is 0.141. The number of aromatic nitrogens is 2. The standard InChI is InChI=1S/C17H29N3O3/c1-6-14(7-2)20-12(5)15(10-19-20)16(21)18-9-13(17(22)23)8-11(3)4/h10-11,13-14H,6-9H2,1-5H3,(H,18,21)(H,22,23). The number of carboxylic acid groups (broad SMARTS) is 1. The summed E-state index contributed by atoms with van der Waals surface area (Å²) < 4.78 is 1.89. The highest BCUT2D eigenvalue weighted by Crippen LogP contribution is 2.19. The molecule has 2 N–H and O–H groups in total. The molecule has 1 heterocycles. The summed E-state index contributed by atoms with van der Waals surface area (Å²) in [5, 5.41) is 16.3. The number of carboxylic acids is 1. The molecule has 0 bridgehead atoms. The zero-order chi connectivity index (χ0) is 17.6. The van der Waals surface area contributed by atoms with E-state index in [9.17, 15) is 14.7 Å². The van der Waals surface area contributed by atoms with E-state index in [0.29, 0.717) is 12.0 Å². The summed E-state index contributed by atoms with van der Waals surface area (Å²) in [7, 11) is 0. The Morgan fingerprint density at radius 1 is 1.30 bits per heavy atom. The SMILES string of the molecule is CCC(CC)n1ncc(C(=O)NCC(CC(C)C)C(=O)O)c1C. The highest BCUT2D eigenvalue weighted by atomic mass is 16.4. The first-order valence-corrected chi connectivity index (χ1v) is 8.36. The minimum atomic E-state index is -0.872. The fraction of sp³-hybridized carbons (Fsp3) is 0.706. The molecule has 1 aromatic rings. The van der Waals surface area contributed by atoms with Gasteiger partial charge in [0.15, 0.2) is 0 Å². The van der Waals surface area contributed by atoms with E-state index in [1.165, 1.54) is 0 Å². The predicted molar refractivity (Wildman–Crippen MR) is 89.5 cm³/mol. The number of nitrogens with one attached hydrogen (secondary N) is 1. The van der Waals surface area contributed by atoms with Gasteiger partial charge in [0, 0.05) is 12.2 Å². The van der Waals surface area contributed by atoms with E-state index in [4.69, 9.17) is 0 Å². The van der Waals surface area contributed by atoms with E-state index in [0.717, 1.165) is 18.5 Å². The van der Waals surface area contributed by atoms with Crippen LogP contribution < -0.4 is 5.32 Å². The molecule has 0 spiro atoms. The monoisotopic (exact) mass is 323 g/mol. The van der Waals surface area contributed by atoms with Crippen LogP contribution in [0.4, 0.5) is 0 Å². The third kappa shape index (κ3) is 5.08. The number of carbonyl (C=O) groups excluding carboxylic acids is 1. The number of aliphatic carboxylic acids is 1. The molecule has 1 rings (SSSR count). The van der Waals surface area contributed by atoms with Crippen LogP contribution in [0.15, 0.2) is 6.20 Å². The van der Waals surface area contributed by atoms with Crippen molar-refractivity contribution in [2.75, 3.05) is 6.54 Å². The van der Waals surface area contributed by atoms with Gasteiger partial charge in [0.1, 0.15) is 0 Å². The number of rotatable bonds is 9. The highest BCUT2D eigenvalue weighted by Gasteiger charge is 2.22. The summed E-state index contributed by atoms with van der Waals surface area (Å²) in [6, 6.07) is 0.282. The Balaban J connectivity index is 2.77. The summed E-state index contributed by atoms with van der Waals surface area (Å²) >= 11 is 0. The number of amides is 1. The molecule has 0 aliphatic rings. The topological polar surface area (TPSA) is 84.2 Å².